The van der Waals surface area contributed by atoms with Crippen LogP contribution in [-0.2, 0) is 6.42 Å². The van der Waals surface area contributed by atoms with Crippen LogP contribution in [-0.4, -0.2) is 15.6 Å². The number of aromatic nitrogens is 2. The molecule has 1 aromatic heterocycles. The number of benzene rings is 1. The van der Waals surface area contributed by atoms with Crippen molar-refractivity contribution in [2.24, 2.45) is 11.1 Å². The molecule has 0 aliphatic rings. The topological polar surface area (TPSA) is 67.6 Å². The molecule has 1 aromatic carbocycles. The summed E-state index contributed by atoms with van der Waals surface area (Å²) in [7, 11) is 0. The summed E-state index contributed by atoms with van der Waals surface area (Å²) in [5, 5.41) is 9.12. The SMILES string of the molecule is CCC(N)C(n1c(CC#N)nc2ccccc21)C(C)(C)C. The van der Waals surface area contributed by atoms with Crippen molar-refractivity contribution in [2.45, 2.75) is 52.6 Å². The number of hydrogen-bond donors (Lipinski definition) is 1. The quantitative estimate of drug-likeness (QED) is 0.935. The number of imidazole rings is 1. The van der Waals surface area contributed by atoms with Gasteiger partial charge in [0.25, 0.3) is 0 Å². The summed E-state index contributed by atoms with van der Waals surface area (Å²) in [4.78, 5) is 4.64. The Bertz CT molecular complexity index is 657. The fourth-order valence-electron chi connectivity index (χ4n) is 3.04. The minimum absolute atomic E-state index is 0.0108. The first-order chi connectivity index (χ1) is 9.90. The second-order valence-electron chi connectivity index (χ2n) is 6.60. The van der Waals surface area contributed by atoms with E-state index in [0.29, 0.717) is 6.42 Å². The van der Waals surface area contributed by atoms with E-state index in [4.69, 9.17) is 11.0 Å². The van der Waals surface area contributed by atoms with E-state index in [1.165, 1.54) is 0 Å². The summed E-state index contributed by atoms with van der Waals surface area (Å²) < 4.78 is 2.19. The van der Waals surface area contributed by atoms with Gasteiger partial charge in [0.1, 0.15) is 5.82 Å². The Morgan fingerprint density at radius 1 is 1.33 bits per heavy atom. The van der Waals surface area contributed by atoms with Crippen molar-refractivity contribution in [2.75, 3.05) is 0 Å². The summed E-state index contributed by atoms with van der Waals surface area (Å²) in [5.74, 6) is 0.808. The van der Waals surface area contributed by atoms with E-state index in [0.717, 1.165) is 23.3 Å². The maximum atomic E-state index is 9.12. The van der Waals surface area contributed by atoms with Crippen molar-refractivity contribution in [3.05, 3.63) is 30.1 Å². The van der Waals surface area contributed by atoms with Crippen LogP contribution >= 0.6 is 0 Å². The zero-order valence-corrected chi connectivity index (χ0v) is 13.3. The summed E-state index contributed by atoms with van der Waals surface area (Å²) in [5.41, 5.74) is 8.40. The second-order valence-corrected chi connectivity index (χ2v) is 6.60. The van der Waals surface area contributed by atoms with Crippen LogP contribution in [0.2, 0.25) is 0 Å². The highest BCUT2D eigenvalue weighted by Crippen LogP contribution is 2.37. The predicted molar refractivity (Wildman–Crippen MR) is 85.8 cm³/mol. The van der Waals surface area contributed by atoms with Crippen LogP contribution in [0, 0.1) is 16.7 Å². The number of nitriles is 1. The Morgan fingerprint density at radius 3 is 2.57 bits per heavy atom. The van der Waals surface area contributed by atoms with Gasteiger partial charge < -0.3 is 10.3 Å². The summed E-state index contributed by atoms with van der Waals surface area (Å²) >= 11 is 0. The second kappa shape index (κ2) is 5.87. The van der Waals surface area contributed by atoms with Gasteiger partial charge in [0.15, 0.2) is 0 Å². The lowest BCUT2D eigenvalue weighted by Gasteiger charge is -2.37. The lowest BCUT2D eigenvalue weighted by Crippen LogP contribution is -2.40. The molecule has 0 spiro atoms. The molecule has 0 fully saturated rings. The standard InChI is InChI=1S/C17H24N4/c1-5-12(19)16(17(2,3)4)21-14-9-7-6-8-13(14)20-15(21)10-11-18/h6-9,12,16H,5,10,19H2,1-4H3. The molecule has 4 heteroatoms. The van der Waals surface area contributed by atoms with Gasteiger partial charge in [-0.05, 0) is 24.0 Å². The molecule has 1 heterocycles. The highest BCUT2D eigenvalue weighted by atomic mass is 15.1. The molecular formula is C17H24N4. The van der Waals surface area contributed by atoms with Crippen LogP contribution in [0.3, 0.4) is 0 Å². The van der Waals surface area contributed by atoms with E-state index in [-0.39, 0.29) is 17.5 Å². The molecule has 0 saturated carbocycles. The van der Waals surface area contributed by atoms with Gasteiger partial charge in [0.2, 0.25) is 0 Å². The van der Waals surface area contributed by atoms with Gasteiger partial charge in [-0.1, -0.05) is 39.8 Å². The molecule has 0 amide bonds. The maximum absolute atomic E-state index is 9.12. The molecule has 0 bridgehead atoms. The number of nitrogens with zero attached hydrogens (tertiary/aromatic N) is 3. The van der Waals surface area contributed by atoms with Gasteiger partial charge in [-0.15, -0.1) is 0 Å². The average molecular weight is 284 g/mol. The van der Waals surface area contributed by atoms with Gasteiger partial charge in [0, 0.05) is 6.04 Å². The van der Waals surface area contributed by atoms with E-state index in [1.54, 1.807) is 0 Å². The molecule has 0 aliphatic carbocycles. The van der Waals surface area contributed by atoms with Crippen molar-refractivity contribution >= 4 is 11.0 Å². The molecular weight excluding hydrogens is 260 g/mol. The highest BCUT2D eigenvalue weighted by Gasteiger charge is 2.33. The third-order valence-electron chi connectivity index (χ3n) is 3.95. The molecule has 2 unspecified atom stereocenters. The van der Waals surface area contributed by atoms with Crippen molar-refractivity contribution in [3.8, 4) is 6.07 Å². The van der Waals surface area contributed by atoms with Crippen molar-refractivity contribution in [3.63, 3.8) is 0 Å². The van der Waals surface area contributed by atoms with E-state index in [2.05, 4.69) is 49.4 Å². The highest BCUT2D eigenvalue weighted by molar-refractivity contribution is 5.76. The number of fused-ring (bicyclic) bond motifs is 1. The Balaban J connectivity index is 2.71. The molecule has 4 nitrogen and oxygen atoms in total. The molecule has 2 aromatic rings. The Labute approximate surface area is 126 Å². The predicted octanol–water partition coefficient (Wildman–Crippen LogP) is 3.43. The van der Waals surface area contributed by atoms with E-state index >= 15 is 0 Å². The fraction of sp³-hybridized carbons (Fsp3) is 0.529. The Hall–Kier alpha value is -1.86. The first kappa shape index (κ1) is 15.5. The van der Waals surface area contributed by atoms with Crippen molar-refractivity contribution < 1.29 is 0 Å². The molecule has 0 saturated heterocycles. The normalized spacial score (nSPS) is 14.9. The first-order valence-electron chi connectivity index (χ1n) is 7.48. The van der Waals surface area contributed by atoms with Crippen LogP contribution in [0.25, 0.3) is 11.0 Å². The fourth-order valence-corrected chi connectivity index (χ4v) is 3.04. The Morgan fingerprint density at radius 2 is 2.00 bits per heavy atom. The minimum Gasteiger partial charge on any atom is -0.326 e. The third-order valence-corrected chi connectivity index (χ3v) is 3.95. The van der Waals surface area contributed by atoms with Crippen molar-refractivity contribution in [1.82, 2.24) is 9.55 Å². The number of hydrogen-bond acceptors (Lipinski definition) is 3. The smallest absolute Gasteiger partial charge is 0.124 e. The monoisotopic (exact) mass is 284 g/mol. The van der Waals surface area contributed by atoms with Gasteiger partial charge in [0.05, 0.1) is 29.6 Å². The zero-order chi connectivity index (χ0) is 15.6. The summed E-state index contributed by atoms with van der Waals surface area (Å²) in [6, 6.07) is 10.4. The largest absolute Gasteiger partial charge is 0.326 e. The average Bonchev–Trinajstić information content (AvgIpc) is 2.76. The number of nitrogens with two attached hydrogens (primary N) is 1. The first-order valence-corrected chi connectivity index (χ1v) is 7.48. The third kappa shape index (κ3) is 2.93. The van der Waals surface area contributed by atoms with E-state index < -0.39 is 0 Å². The Kier molecular flexibility index (Phi) is 4.34. The van der Waals surface area contributed by atoms with Crippen LogP contribution in [0.4, 0.5) is 0 Å². The van der Waals surface area contributed by atoms with Gasteiger partial charge in [-0.25, -0.2) is 4.98 Å². The van der Waals surface area contributed by atoms with Crippen LogP contribution < -0.4 is 5.73 Å². The number of para-hydroxylation sites is 2. The van der Waals surface area contributed by atoms with Crippen molar-refractivity contribution in [1.29, 1.82) is 5.26 Å². The molecule has 112 valence electrons. The maximum Gasteiger partial charge on any atom is 0.124 e. The summed E-state index contributed by atoms with van der Waals surface area (Å²) in [6.07, 6.45) is 1.19. The summed E-state index contributed by atoms with van der Waals surface area (Å²) in [6.45, 7) is 8.68. The lowest BCUT2D eigenvalue weighted by atomic mass is 9.81. The molecule has 2 N–H and O–H groups in total. The van der Waals surface area contributed by atoms with Crippen LogP contribution in [0.1, 0.15) is 46.0 Å². The zero-order valence-electron chi connectivity index (χ0n) is 13.3. The van der Waals surface area contributed by atoms with Crippen LogP contribution in [0.15, 0.2) is 24.3 Å². The molecule has 0 aliphatic heterocycles. The lowest BCUT2D eigenvalue weighted by molar-refractivity contribution is 0.203. The van der Waals surface area contributed by atoms with Gasteiger partial charge in [-0.2, -0.15) is 5.26 Å². The number of rotatable bonds is 4. The van der Waals surface area contributed by atoms with Gasteiger partial charge >= 0.3 is 0 Å². The van der Waals surface area contributed by atoms with E-state index in [9.17, 15) is 0 Å². The van der Waals surface area contributed by atoms with Gasteiger partial charge in [-0.3, -0.25) is 0 Å². The molecule has 0 radical (unpaired) electrons. The van der Waals surface area contributed by atoms with E-state index in [1.807, 2.05) is 18.2 Å². The molecule has 21 heavy (non-hydrogen) atoms. The molecule has 2 rings (SSSR count). The van der Waals surface area contributed by atoms with Crippen LogP contribution in [0.5, 0.6) is 0 Å². The molecule has 2 atom stereocenters. The minimum atomic E-state index is -0.0108.